The van der Waals surface area contributed by atoms with Gasteiger partial charge in [-0.1, -0.05) is 19.1 Å². The highest BCUT2D eigenvalue weighted by Gasteiger charge is 2.15. The average Bonchev–Trinajstić information content (AvgIpc) is 2.84. The monoisotopic (exact) mass is 275 g/mol. The molecule has 0 aliphatic heterocycles. The number of nitrogens with zero attached hydrogens (tertiary/aromatic N) is 4. The maximum Gasteiger partial charge on any atom is 0.176 e. The number of nitrogens with one attached hydrogen (secondary N) is 1. The van der Waals surface area contributed by atoms with Crippen LogP contribution >= 0.6 is 0 Å². The molecule has 1 unspecified atom stereocenters. The highest BCUT2D eigenvalue weighted by molar-refractivity contribution is 5.31. The van der Waals surface area contributed by atoms with Crippen LogP contribution in [0.1, 0.15) is 31.3 Å². The van der Waals surface area contributed by atoms with Crippen LogP contribution in [0.3, 0.4) is 0 Å². The molecule has 0 saturated carbocycles. The third-order valence-electron chi connectivity index (χ3n) is 2.96. The van der Waals surface area contributed by atoms with E-state index < -0.39 is 0 Å². The van der Waals surface area contributed by atoms with Crippen molar-refractivity contribution >= 4 is 0 Å². The van der Waals surface area contributed by atoms with Crippen molar-refractivity contribution in [1.29, 1.82) is 0 Å². The number of aromatic nitrogens is 4. The molecule has 1 aromatic carbocycles. The van der Waals surface area contributed by atoms with Crippen molar-refractivity contribution < 1.29 is 4.74 Å². The van der Waals surface area contributed by atoms with Gasteiger partial charge in [0.15, 0.2) is 5.82 Å². The quantitative estimate of drug-likeness (QED) is 0.829. The Kier molecular flexibility index (Phi) is 5.06. The fourth-order valence-corrected chi connectivity index (χ4v) is 2.13. The van der Waals surface area contributed by atoms with Crippen LogP contribution in [0.2, 0.25) is 0 Å². The molecule has 0 spiro atoms. The van der Waals surface area contributed by atoms with Gasteiger partial charge in [0, 0.05) is 12.5 Å². The zero-order valence-electron chi connectivity index (χ0n) is 12.2. The summed E-state index contributed by atoms with van der Waals surface area (Å²) >= 11 is 0. The van der Waals surface area contributed by atoms with Crippen LogP contribution in [-0.4, -0.2) is 33.4 Å². The zero-order valence-corrected chi connectivity index (χ0v) is 12.2. The number of hydrogen-bond donors (Lipinski definition) is 1. The van der Waals surface area contributed by atoms with Crippen molar-refractivity contribution in [2.45, 2.75) is 26.3 Å². The third kappa shape index (κ3) is 3.77. The van der Waals surface area contributed by atoms with E-state index in [1.807, 2.05) is 19.1 Å². The summed E-state index contributed by atoms with van der Waals surface area (Å²) in [5.74, 6) is 1.63. The van der Waals surface area contributed by atoms with Crippen molar-refractivity contribution in [1.82, 2.24) is 25.5 Å². The molecule has 0 saturated heterocycles. The van der Waals surface area contributed by atoms with Gasteiger partial charge in [0.2, 0.25) is 0 Å². The summed E-state index contributed by atoms with van der Waals surface area (Å²) in [5, 5.41) is 15.6. The number of aryl methyl sites for hydroxylation is 1. The summed E-state index contributed by atoms with van der Waals surface area (Å²) in [6.07, 6.45) is 0.706. The Balaban J connectivity index is 2.16. The number of likely N-dealkylation sites (N-methyl/N-ethyl adjacent to an activating group) is 1. The molecular weight excluding hydrogens is 254 g/mol. The van der Waals surface area contributed by atoms with Gasteiger partial charge < -0.3 is 10.1 Å². The largest absolute Gasteiger partial charge is 0.494 e. The molecule has 1 N–H and O–H groups in total. The van der Waals surface area contributed by atoms with Gasteiger partial charge in [-0.15, -0.1) is 10.2 Å². The molecule has 6 nitrogen and oxygen atoms in total. The summed E-state index contributed by atoms with van der Waals surface area (Å²) in [6, 6.07) is 8.29. The lowest BCUT2D eigenvalue weighted by atomic mass is 10.0. The molecule has 0 radical (unpaired) electrons. The lowest BCUT2D eigenvalue weighted by molar-refractivity contribution is 0.339. The molecule has 20 heavy (non-hydrogen) atoms. The van der Waals surface area contributed by atoms with E-state index in [1.165, 1.54) is 10.4 Å². The van der Waals surface area contributed by atoms with E-state index in [9.17, 15) is 0 Å². The van der Waals surface area contributed by atoms with E-state index in [0.717, 1.165) is 18.1 Å². The molecule has 2 aromatic rings. The first-order valence-corrected chi connectivity index (χ1v) is 6.92. The van der Waals surface area contributed by atoms with E-state index in [-0.39, 0.29) is 6.04 Å². The molecule has 6 heteroatoms. The number of benzene rings is 1. The third-order valence-corrected chi connectivity index (χ3v) is 2.96. The highest BCUT2D eigenvalue weighted by Crippen LogP contribution is 2.21. The number of tetrazole rings is 1. The van der Waals surface area contributed by atoms with Gasteiger partial charge in [-0.05, 0) is 36.4 Å². The van der Waals surface area contributed by atoms with Gasteiger partial charge in [-0.2, -0.15) is 4.80 Å². The fourth-order valence-electron chi connectivity index (χ4n) is 2.13. The van der Waals surface area contributed by atoms with Crippen molar-refractivity contribution in [3.05, 3.63) is 35.7 Å². The van der Waals surface area contributed by atoms with Crippen molar-refractivity contribution in [3.8, 4) is 5.75 Å². The van der Waals surface area contributed by atoms with Crippen molar-refractivity contribution in [2.75, 3.05) is 13.2 Å². The second kappa shape index (κ2) is 7.00. The van der Waals surface area contributed by atoms with E-state index >= 15 is 0 Å². The Morgan fingerprint density at radius 1 is 1.35 bits per heavy atom. The second-order valence-electron chi connectivity index (χ2n) is 4.52. The lowest BCUT2D eigenvalue weighted by Crippen LogP contribution is -2.23. The first-order valence-electron chi connectivity index (χ1n) is 6.92. The number of ether oxygens (including phenoxy) is 1. The van der Waals surface area contributed by atoms with Crippen LogP contribution in [-0.2, 0) is 13.5 Å². The van der Waals surface area contributed by atoms with Crippen LogP contribution in [0.15, 0.2) is 24.3 Å². The van der Waals surface area contributed by atoms with E-state index in [4.69, 9.17) is 4.74 Å². The average molecular weight is 275 g/mol. The first kappa shape index (κ1) is 14.5. The fraction of sp³-hybridized carbons (Fsp3) is 0.500. The van der Waals surface area contributed by atoms with Gasteiger partial charge in [-0.3, -0.25) is 0 Å². The predicted octanol–water partition coefficient (Wildman–Crippen LogP) is 1.50. The zero-order chi connectivity index (χ0) is 14.4. The summed E-state index contributed by atoms with van der Waals surface area (Å²) < 4.78 is 5.55. The maximum absolute atomic E-state index is 5.55. The molecular formula is C14H21N5O. The van der Waals surface area contributed by atoms with Gasteiger partial charge >= 0.3 is 0 Å². The lowest BCUT2D eigenvalue weighted by Gasteiger charge is -2.17. The molecule has 1 heterocycles. The Morgan fingerprint density at radius 2 is 2.20 bits per heavy atom. The Labute approximate surface area is 119 Å². The van der Waals surface area contributed by atoms with Crippen molar-refractivity contribution in [2.24, 2.45) is 7.05 Å². The van der Waals surface area contributed by atoms with Crippen LogP contribution < -0.4 is 10.1 Å². The van der Waals surface area contributed by atoms with Crippen molar-refractivity contribution in [3.63, 3.8) is 0 Å². The summed E-state index contributed by atoms with van der Waals surface area (Å²) in [5.41, 5.74) is 1.17. The molecule has 2 rings (SSSR count). The van der Waals surface area contributed by atoms with Gasteiger partial charge in [0.1, 0.15) is 5.75 Å². The molecule has 108 valence electrons. The highest BCUT2D eigenvalue weighted by atomic mass is 16.5. The van der Waals surface area contributed by atoms with Crippen LogP contribution in [0.25, 0.3) is 0 Å². The standard InChI is InChI=1S/C14H21N5O/c1-4-15-13(10-14-16-18-19(3)17-14)11-7-6-8-12(9-11)20-5-2/h6-9,13,15H,4-5,10H2,1-3H3. The number of hydrogen-bond acceptors (Lipinski definition) is 5. The molecule has 1 atom stereocenters. The van der Waals surface area contributed by atoms with E-state index in [1.54, 1.807) is 7.05 Å². The molecule has 0 bridgehead atoms. The molecule has 0 fully saturated rings. The van der Waals surface area contributed by atoms with Crippen LogP contribution in [0, 0.1) is 0 Å². The van der Waals surface area contributed by atoms with Crippen LogP contribution in [0.4, 0.5) is 0 Å². The van der Waals surface area contributed by atoms with Crippen LogP contribution in [0.5, 0.6) is 5.75 Å². The van der Waals surface area contributed by atoms with E-state index in [2.05, 4.69) is 39.8 Å². The molecule has 0 amide bonds. The minimum absolute atomic E-state index is 0.157. The van der Waals surface area contributed by atoms with Gasteiger partial charge in [-0.25, -0.2) is 0 Å². The Morgan fingerprint density at radius 3 is 2.85 bits per heavy atom. The summed E-state index contributed by atoms with van der Waals surface area (Å²) in [4.78, 5) is 1.48. The van der Waals surface area contributed by atoms with Gasteiger partial charge in [0.05, 0.1) is 13.7 Å². The molecule has 0 aliphatic rings. The Bertz CT molecular complexity index is 540. The SMILES string of the molecule is CCNC(Cc1nnn(C)n1)c1cccc(OCC)c1. The maximum atomic E-state index is 5.55. The predicted molar refractivity (Wildman–Crippen MR) is 76.5 cm³/mol. The minimum Gasteiger partial charge on any atom is -0.494 e. The first-order chi connectivity index (χ1) is 9.72. The summed E-state index contributed by atoms with van der Waals surface area (Å²) in [6.45, 7) is 5.62. The Hall–Kier alpha value is -1.95. The number of rotatable bonds is 7. The van der Waals surface area contributed by atoms with Gasteiger partial charge in [0.25, 0.3) is 0 Å². The second-order valence-corrected chi connectivity index (χ2v) is 4.52. The molecule has 1 aromatic heterocycles. The van der Waals surface area contributed by atoms with E-state index in [0.29, 0.717) is 13.0 Å². The topological polar surface area (TPSA) is 64.9 Å². The summed E-state index contributed by atoms with van der Waals surface area (Å²) in [7, 11) is 1.77. The normalized spacial score (nSPS) is 12.3. The smallest absolute Gasteiger partial charge is 0.176 e. The minimum atomic E-state index is 0.157. The molecule has 0 aliphatic carbocycles.